The first-order valence-electron chi connectivity index (χ1n) is 11.1. The lowest BCUT2D eigenvalue weighted by molar-refractivity contribution is 1.26. The second-order valence-corrected chi connectivity index (χ2v) is 17.2. The molecule has 0 fully saturated rings. The van der Waals surface area contributed by atoms with E-state index in [1.807, 2.05) is 96.6 Å². The molecule has 0 bridgehead atoms. The Morgan fingerprint density at radius 3 is 0.763 bits per heavy atom. The summed E-state index contributed by atoms with van der Waals surface area (Å²) in [7, 11) is 0. The Kier molecular flexibility index (Phi) is 9.40. The van der Waals surface area contributed by atoms with Crippen molar-refractivity contribution in [2.45, 2.75) is 19.6 Å². The van der Waals surface area contributed by atoms with Crippen LogP contribution in [0.2, 0.25) is 0 Å². The van der Waals surface area contributed by atoms with Crippen molar-refractivity contribution >= 4 is 94.1 Å². The largest absolute Gasteiger partial charge is 0.265 e. The van der Waals surface area contributed by atoms with E-state index >= 15 is 0 Å². The molecule has 0 unspecified atom stereocenters. The number of nitrogens with zero attached hydrogens (tertiary/aromatic N) is 4. The predicted molar refractivity (Wildman–Crippen MR) is 172 cm³/mol. The number of thioether (sulfide) groups is 8. The Hall–Kier alpha value is -1.38. The smallest absolute Gasteiger partial charge is 0.0718 e. The van der Waals surface area contributed by atoms with Crippen LogP contribution in [0.3, 0.4) is 0 Å². The molecule has 38 heavy (non-hydrogen) atoms. The van der Waals surface area contributed by atoms with Crippen LogP contribution < -0.4 is 0 Å². The fourth-order valence-electron chi connectivity index (χ4n) is 3.02. The molecule has 0 radical (unpaired) electrons. The summed E-state index contributed by atoms with van der Waals surface area (Å²) in [5.74, 6) is 0. The van der Waals surface area contributed by atoms with Gasteiger partial charge in [0.1, 0.15) is 0 Å². The van der Waals surface area contributed by atoms with Crippen LogP contribution in [0.25, 0.3) is 0 Å². The lowest BCUT2D eigenvalue weighted by Crippen LogP contribution is -1.76. The topological polar surface area (TPSA) is 51.6 Å². The molecule has 0 aliphatic carbocycles. The normalized spacial score (nSPS) is 15.6. The van der Waals surface area contributed by atoms with Crippen molar-refractivity contribution in [2.75, 3.05) is 0 Å². The molecule has 0 N–H and O–H groups in total. The van der Waals surface area contributed by atoms with Crippen molar-refractivity contribution in [3.8, 4) is 0 Å². The van der Waals surface area contributed by atoms with Gasteiger partial charge < -0.3 is 0 Å². The molecule has 2 aliphatic heterocycles. The molecule has 0 saturated carbocycles. The third-order valence-electron chi connectivity index (χ3n) is 4.68. The zero-order valence-electron chi connectivity index (χ0n) is 19.3. The van der Waals surface area contributed by atoms with Crippen LogP contribution in [0.4, 0.5) is 0 Å². The van der Waals surface area contributed by atoms with Crippen LogP contribution in [0.1, 0.15) is 0 Å². The highest BCUT2D eigenvalue weighted by atomic mass is 32.3. The number of aromatic nitrogens is 4. The molecule has 12 heteroatoms. The van der Waals surface area contributed by atoms with E-state index in [2.05, 4.69) is 68.5 Å². The fraction of sp³-hybridized carbons (Fsp3) is 0. The van der Waals surface area contributed by atoms with Gasteiger partial charge >= 0.3 is 0 Å². The molecule has 6 heterocycles. The Labute approximate surface area is 255 Å². The van der Waals surface area contributed by atoms with Crippen molar-refractivity contribution < 1.29 is 0 Å². The van der Waals surface area contributed by atoms with E-state index in [0.29, 0.717) is 0 Å². The van der Waals surface area contributed by atoms with E-state index in [-0.39, 0.29) is 0 Å². The van der Waals surface area contributed by atoms with Crippen molar-refractivity contribution in [1.82, 2.24) is 19.9 Å². The van der Waals surface area contributed by atoms with Crippen molar-refractivity contribution in [3.05, 3.63) is 124 Å². The summed E-state index contributed by atoms with van der Waals surface area (Å²) >= 11 is 14.7. The molecule has 4 nitrogen and oxygen atoms in total. The summed E-state index contributed by atoms with van der Waals surface area (Å²) < 4.78 is 7.84. The molecule has 188 valence electrons. The number of hydrogen-bond acceptors (Lipinski definition) is 12. The average Bonchev–Trinajstić information content (AvgIpc) is 3.54. The van der Waals surface area contributed by atoms with Crippen LogP contribution in [0, 0.1) is 0 Å². The quantitative estimate of drug-likeness (QED) is 0.184. The fourth-order valence-corrected chi connectivity index (χ4v) is 14.4. The minimum atomic E-state index is 1.19. The highest BCUT2D eigenvalue weighted by molar-refractivity contribution is 8.45. The number of pyridine rings is 4. The third kappa shape index (κ3) is 7.03. The summed E-state index contributed by atoms with van der Waals surface area (Å²) in [6, 6.07) is 16.5. The summed E-state index contributed by atoms with van der Waals surface area (Å²) in [5.41, 5.74) is 0. The van der Waals surface area contributed by atoms with Crippen LogP contribution in [-0.2, 0) is 0 Å². The van der Waals surface area contributed by atoms with Crippen LogP contribution in [-0.4, -0.2) is 19.9 Å². The predicted octanol–water partition coefficient (Wildman–Crippen LogP) is 10.1. The van der Waals surface area contributed by atoms with Gasteiger partial charge in [-0.2, -0.15) is 0 Å². The van der Waals surface area contributed by atoms with Crippen molar-refractivity contribution in [3.63, 3.8) is 0 Å². The van der Waals surface area contributed by atoms with E-state index in [9.17, 15) is 0 Å². The average molecular weight is 641 g/mol. The summed E-state index contributed by atoms with van der Waals surface area (Å²) in [6.07, 6.45) is 14.8. The Morgan fingerprint density at radius 2 is 0.553 bits per heavy atom. The lowest BCUT2D eigenvalue weighted by Gasteiger charge is -2.04. The van der Waals surface area contributed by atoms with Crippen molar-refractivity contribution in [2.24, 2.45) is 0 Å². The molecular weight excluding hydrogens is 625 g/mol. The maximum absolute atomic E-state index is 4.18. The van der Waals surface area contributed by atoms with Crippen LogP contribution in [0.15, 0.2) is 143 Å². The van der Waals surface area contributed by atoms with E-state index in [0.717, 1.165) is 0 Å². The minimum absolute atomic E-state index is 1.19. The maximum atomic E-state index is 4.18. The van der Waals surface area contributed by atoms with Crippen LogP contribution >= 0.6 is 94.1 Å². The maximum Gasteiger partial charge on any atom is 0.0718 e. The molecule has 6 rings (SSSR count). The first kappa shape index (κ1) is 26.8. The molecule has 0 spiro atoms. The highest BCUT2D eigenvalue weighted by Gasteiger charge is 2.32. The van der Waals surface area contributed by atoms with Gasteiger partial charge in [0.15, 0.2) is 0 Å². The SMILES string of the molecule is c1cc(SC2=C(Sc3ccncc3)SC(=C3SC(Sc4ccncc4)=C(Sc4ccncc4)S3)S2)ccn1. The standard InChI is InChI=1S/C26H16N4S8/c1-9-27-10-2-17(1)31-21-22(32-18-3-11-28-12-4-18)36-25(35-21)26-37-23(33-19-5-13-29-14-6-19)24(38-26)34-20-7-15-30-16-8-20/h1-16H. The zero-order chi connectivity index (χ0) is 25.6. The minimum Gasteiger partial charge on any atom is -0.265 e. The summed E-state index contributed by atoms with van der Waals surface area (Å²) in [5, 5.41) is 0. The van der Waals surface area contributed by atoms with Gasteiger partial charge in [-0.25, -0.2) is 0 Å². The zero-order valence-corrected chi connectivity index (χ0v) is 25.8. The summed E-state index contributed by atoms with van der Waals surface area (Å²) in [4.78, 5) is 21.5. The van der Waals surface area contributed by atoms with Gasteiger partial charge in [-0.15, -0.1) is 0 Å². The highest BCUT2D eigenvalue weighted by Crippen LogP contribution is 2.67. The van der Waals surface area contributed by atoms with Gasteiger partial charge in [0.05, 0.1) is 25.4 Å². The molecule has 0 atom stereocenters. The molecule has 0 saturated heterocycles. The molecule has 0 amide bonds. The number of rotatable bonds is 8. The third-order valence-corrected chi connectivity index (χ3v) is 15.9. The Bertz CT molecular complexity index is 1270. The lowest BCUT2D eigenvalue weighted by atomic mass is 10.5. The van der Waals surface area contributed by atoms with Gasteiger partial charge in [-0.05, 0) is 48.5 Å². The molecule has 4 aromatic rings. The number of hydrogen-bond donors (Lipinski definition) is 0. The van der Waals surface area contributed by atoms with Gasteiger partial charge in [0.2, 0.25) is 0 Å². The van der Waals surface area contributed by atoms with E-state index in [1.54, 1.807) is 47.0 Å². The summed E-state index contributed by atoms with van der Waals surface area (Å²) in [6.45, 7) is 0. The van der Waals surface area contributed by atoms with E-state index in [4.69, 9.17) is 0 Å². The molecular formula is C26H16N4S8. The van der Waals surface area contributed by atoms with E-state index in [1.165, 1.54) is 45.0 Å². The first-order valence-corrected chi connectivity index (χ1v) is 17.6. The monoisotopic (exact) mass is 640 g/mol. The molecule has 2 aliphatic rings. The molecule has 4 aromatic heterocycles. The van der Waals surface area contributed by atoms with Crippen LogP contribution in [0.5, 0.6) is 0 Å². The Morgan fingerprint density at radius 1 is 0.342 bits per heavy atom. The van der Waals surface area contributed by atoms with Crippen molar-refractivity contribution in [1.29, 1.82) is 0 Å². The van der Waals surface area contributed by atoms with Gasteiger partial charge in [-0.1, -0.05) is 94.1 Å². The molecule has 0 aromatic carbocycles. The van der Waals surface area contributed by atoms with Gasteiger partial charge in [0, 0.05) is 69.2 Å². The first-order chi connectivity index (χ1) is 18.8. The second-order valence-electron chi connectivity index (χ2n) is 7.27. The Balaban J connectivity index is 1.28. The van der Waals surface area contributed by atoms with Gasteiger partial charge in [-0.3, -0.25) is 19.9 Å². The van der Waals surface area contributed by atoms with Gasteiger partial charge in [0.25, 0.3) is 0 Å². The second kappa shape index (κ2) is 13.3. The van der Waals surface area contributed by atoms with E-state index < -0.39 is 0 Å².